The van der Waals surface area contributed by atoms with Crippen molar-refractivity contribution < 1.29 is 37.9 Å². The Bertz CT molecular complexity index is 996. The van der Waals surface area contributed by atoms with Gasteiger partial charge >= 0.3 is 13.8 Å². The fraction of sp³-hybridized carbons (Fsp3) is 0.762. The molecule has 0 aromatic rings. The van der Waals surface area contributed by atoms with Crippen LogP contribution in [0.2, 0.25) is 0 Å². The number of ether oxygens (including phenoxy) is 1. The van der Waals surface area contributed by atoms with E-state index in [1.165, 1.54) is 83.5 Å². The number of phosphoric acid groups is 1. The Morgan fingerprint density at radius 3 is 1.60 bits per heavy atom. The molecule has 0 heterocycles. The summed E-state index contributed by atoms with van der Waals surface area (Å²) in [5.41, 5.74) is 0. The Labute approximate surface area is 317 Å². The van der Waals surface area contributed by atoms with Crippen LogP contribution in [0.5, 0.6) is 0 Å². The molecule has 0 saturated heterocycles. The number of rotatable bonds is 38. The van der Waals surface area contributed by atoms with Crippen LogP contribution in [0.3, 0.4) is 0 Å². The molecule has 9 nitrogen and oxygen atoms in total. The molecule has 2 unspecified atom stereocenters. The van der Waals surface area contributed by atoms with Crippen molar-refractivity contribution in [1.82, 2.24) is 5.32 Å². The van der Waals surface area contributed by atoms with E-state index in [2.05, 4.69) is 67.8 Å². The number of allylic oxidation sites excluding steroid dienone is 8. The molecule has 2 atom stereocenters. The van der Waals surface area contributed by atoms with E-state index < -0.39 is 26.5 Å². The van der Waals surface area contributed by atoms with Crippen LogP contribution in [-0.2, 0) is 27.9 Å². The molecule has 3 N–H and O–H groups in total. The second kappa shape index (κ2) is 38.7. The fourth-order valence-electron chi connectivity index (χ4n) is 5.36. The van der Waals surface area contributed by atoms with Gasteiger partial charge in [-0.3, -0.25) is 18.6 Å². The topological polar surface area (TPSA) is 131 Å². The van der Waals surface area contributed by atoms with E-state index in [4.69, 9.17) is 13.8 Å². The van der Waals surface area contributed by atoms with E-state index in [9.17, 15) is 24.2 Å². The molecule has 10 heteroatoms. The Morgan fingerprint density at radius 1 is 0.596 bits per heavy atom. The molecule has 0 aromatic heterocycles. The summed E-state index contributed by atoms with van der Waals surface area (Å²) in [5.74, 6) is -0.533. The maximum Gasteiger partial charge on any atom is 0.472 e. The lowest BCUT2D eigenvalue weighted by molar-refractivity contribution is -0.147. The van der Waals surface area contributed by atoms with Crippen molar-refractivity contribution in [3.8, 4) is 0 Å². The smallest absolute Gasteiger partial charge is 0.463 e. The molecular formula is C42H76NO8P. The standard InChI is InChI=1S/C42H76NO8P/c1-3-5-7-9-11-13-14-15-16-17-18-19-20-21-22-23-24-25-26-27-28-30-32-34-41(45)43-36-37-50-52(47,48)51-39-40(44)38-49-42(46)35-33-31-29-12-10-8-6-4-2/h11,13,15-16,18-19,21-22,40,44H,3-10,12,14,17,20,23-39H2,1-2H3,(H,43,45)(H,47,48)/b13-11-,16-15-,19-18-,22-21-. The zero-order valence-electron chi connectivity index (χ0n) is 33.0. The third-order valence-electron chi connectivity index (χ3n) is 8.51. The number of phosphoric ester groups is 1. The van der Waals surface area contributed by atoms with Crippen LogP contribution in [-0.4, -0.2) is 54.3 Å². The molecule has 1 amide bonds. The number of esters is 1. The van der Waals surface area contributed by atoms with E-state index in [1.54, 1.807) is 0 Å². The average molecular weight is 754 g/mol. The maximum atomic E-state index is 12.1. The van der Waals surface area contributed by atoms with Gasteiger partial charge in [-0.2, -0.15) is 0 Å². The van der Waals surface area contributed by atoms with Crippen molar-refractivity contribution in [1.29, 1.82) is 0 Å². The van der Waals surface area contributed by atoms with E-state index in [1.807, 2.05) is 0 Å². The summed E-state index contributed by atoms with van der Waals surface area (Å²) in [6, 6.07) is 0. The van der Waals surface area contributed by atoms with Gasteiger partial charge < -0.3 is 20.1 Å². The van der Waals surface area contributed by atoms with Gasteiger partial charge in [0.15, 0.2) is 0 Å². The molecule has 0 aliphatic carbocycles. The van der Waals surface area contributed by atoms with E-state index >= 15 is 0 Å². The lowest BCUT2D eigenvalue weighted by atomic mass is 10.1. The normalized spacial score (nSPS) is 13.8. The Hall–Kier alpha value is -2.03. The van der Waals surface area contributed by atoms with Crippen molar-refractivity contribution in [2.45, 2.75) is 180 Å². The average Bonchev–Trinajstić information content (AvgIpc) is 3.13. The zero-order chi connectivity index (χ0) is 38.2. The predicted octanol–water partition coefficient (Wildman–Crippen LogP) is 11.2. The summed E-state index contributed by atoms with van der Waals surface area (Å²) in [6.45, 7) is 3.46. The predicted molar refractivity (Wildman–Crippen MR) is 215 cm³/mol. The molecule has 0 aromatic carbocycles. The molecule has 0 aliphatic heterocycles. The van der Waals surface area contributed by atoms with Gasteiger partial charge in [-0.05, 0) is 57.8 Å². The summed E-state index contributed by atoms with van der Waals surface area (Å²) in [7, 11) is -4.41. The number of amides is 1. The van der Waals surface area contributed by atoms with Crippen LogP contribution in [0.25, 0.3) is 0 Å². The van der Waals surface area contributed by atoms with Crippen LogP contribution in [0.4, 0.5) is 0 Å². The van der Waals surface area contributed by atoms with Crippen LogP contribution >= 0.6 is 7.82 Å². The van der Waals surface area contributed by atoms with Gasteiger partial charge in [-0.25, -0.2) is 4.57 Å². The summed E-state index contributed by atoms with van der Waals surface area (Å²) >= 11 is 0. The number of hydrogen-bond acceptors (Lipinski definition) is 7. The molecular weight excluding hydrogens is 677 g/mol. The summed E-state index contributed by atoms with van der Waals surface area (Å²) in [5, 5.41) is 12.6. The van der Waals surface area contributed by atoms with Crippen molar-refractivity contribution in [3.63, 3.8) is 0 Å². The number of nitrogens with one attached hydrogen (secondary N) is 1. The van der Waals surface area contributed by atoms with E-state index in [0.717, 1.165) is 64.2 Å². The first-order valence-corrected chi connectivity index (χ1v) is 22.1. The molecule has 0 rings (SSSR count). The first-order chi connectivity index (χ1) is 25.3. The molecule has 0 spiro atoms. The quantitative estimate of drug-likeness (QED) is 0.0246. The molecule has 302 valence electrons. The third kappa shape index (κ3) is 39.2. The SMILES string of the molecule is CCCCC/C=C\C/C=C\C/C=C\C/C=C\CCCCCCCCCC(=O)NCCOP(=O)(O)OCC(O)COC(=O)CCCCCCCCCC. The van der Waals surface area contributed by atoms with E-state index in [-0.39, 0.29) is 32.1 Å². The minimum atomic E-state index is -4.41. The number of carbonyl (C=O) groups is 2. The Balaban J connectivity index is 3.61. The van der Waals surface area contributed by atoms with Gasteiger partial charge in [0, 0.05) is 19.4 Å². The first kappa shape index (κ1) is 50.0. The van der Waals surface area contributed by atoms with Gasteiger partial charge in [0.05, 0.1) is 13.2 Å². The fourth-order valence-corrected chi connectivity index (χ4v) is 6.12. The summed E-state index contributed by atoms with van der Waals surface area (Å²) in [6.07, 6.45) is 43.4. The summed E-state index contributed by atoms with van der Waals surface area (Å²) in [4.78, 5) is 33.7. The molecule has 0 fully saturated rings. The minimum Gasteiger partial charge on any atom is -0.463 e. The minimum absolute atomic E-state index is 0.0745. The largest absolute Gasteiger partial charge is 0.472 e. The van der Waals surface area contributed by atoms with Crippen molar-refractivity contribution in [3.05, 3.63) is 48.6 Å². The van der Waals surface area contributed by atoms with Crippen LogP contribution in [0, 0.1) is 0 Å². The highest BCUT2D eigenvalue weighted by atomic mass is 31.2. The first-order valence-electron chi connectivity index (χ1n) is 20.6. The number of aliphatic hydroxyl groups excluding tert-OH is 1. The van der Waals surface area contributed by atoms with Crippen LogP contribution in [0.1, 0.15) is 174 Å². The van der Waals surface area contributed by atoms with E-state index in [0.29, 0.717) is 6.42 Å². The number of carbonyl (C=O) groups excluding carboxylic acids is 2. The molecule has 52 heavy (non-hydrogen) atoms. The second-order valence-electron chi connectivity index (χ2n) is 13.6. The molecule has 0 radical (unpaired) electrons. The van der Waals surface area contributed by atoms with Crippen LogP contribution in [0.15, 0.2) is 48.6 Å². The lowest BCUT2D eigenvalue weighted by Gasteiger charge is -2.15. The molecule has 0 aliphatic rings. The van der Waals surface area contributed by atoms with Gasteiger partial charge in [0.25, 0.3) is 0 Å². The van der Waals surface area contributed by atoms with Crippen molar-refractivity contribution >= 4 is 19.7 Å². The highest BCUT2D eigenvalue weighted by Gasteiger charge is 2.23. The summed E-state index contributed by atoms with van der Waals surface area (Å²) < 4.78 is 26.7. The molecule has 0 bridgehead atoms. The lowest BCUT2D eigenvalue weighted by Crippen LogP contribution is -2.27. The van der Waals surface area contributed by atoms with Gasteiger partial charge in [-0.15, -0.1) is 0 Å². The number of unbranched alkanes of at least 4 members (excludes halogenated alkanes) is 17. The van der Waals surface area contributed by atoms with Crippen LogP contribution < -0.4 is 5.32 Å². The number of aliphatic hydroxyl groups is 1. The highest BCUT2D eigenvalue weighted by molar-refractivity contribution is 7.47. The second-order valence-corrected chi connectivity index (χ2v) is 15.1. The van der Waals surface area contributed by atoms with Gasteiger partial charge in [0.1, 0.15) is 12.7 Å². The Morgan fingerprint density at radius 2 is 1.04 bits per heavy atom. The monoisotopic (exact) mass is 754 g/mol. The van der Waals surface area contributed by atoms with Gasteiger partial charge in [-0.1, -0.05) is 152 Å². The highest BCUT2D eigenvalue weighted by Crippen LogP contribution is 2.42. The Kier molecular flexibility index (Phi) is 37.2. The third-order valence-corrected chi connectivity index (χ3v) is 9.50. The maximum absolute atomic E-state index is 12.1. The van der Waals surface area contributed by atoms with Crippen molar-refractivity contribution in [2.24, 2.45) is 0 Å². The van der Waals surface area contributed by atoms with Gasteiger partial charge in [0.2, 0.25) is 5.91 Å². The number of hydrogen-bond donors (Lipinski definition) is 3. The zero-order valence-corrected chi connectivity index (χ0v) is 33.9. The van der Waals surface area contributed by atoms with Crippen molar-refractivity contribution in [2.75, 3.05) is 26.4 Å². The molecule has 0 saturated carbocycles.